The number of hydrogen-bond donors (Lipinski definition) is 1. The first-order valence-electron chi connectivity index (χ1n) is 10.2. The molecule has 0 spiro atoms. The van der Waals surface area contributed by atoms with Crippen molar-refractivity contribution in [3.8, 4) is 0 Å². The molecule has 0 aliphatic heterocycles. The monoisotopic (exact) mass is 431 g/mol. The van der Waals surface area contributed by atoms with Gasteiger partial charge in [-0.3, -0.25) is 14.9 Å². The minimum absolute atomic E-state index is 0.0142. The minimum Gasteiger partial charge on any atom is -0.452 e. The van der Waals surface area contributed by atoms with Gasteiger partial charge in [-0.15, -0.1) is 0 Å². The number of non-ortho nitro benzene ring substituents is 1. The number of likely N-dealkylation sites (N-methyl/N-ethyl adjacent to an activating group) is 1. The number of amides is 1. The number of nitro groups is 1. The molecule has 1 heterocycles. The minimum atomic E-state index is -0.569. The molecule has 8 heteroatoms. The fourth-order valence-corrected chi connectivity index (χ4v) is 3.91. The second kappa shape index (κ2) is 8.97. The Balaban J connectivity index is 1.83. The number of allylic oxidation sites excluding steroid dienone is 1. The molecule has 4 rings (SSSR count). The third kappa shape index (κ3) is 4.20. The number of ether oxygens (including phenoxy) is 1. The Labute approximate surface area is 184 Å². The number of hydrogen-bond acceptors (Lipinski definition) is 6. The molecular formula is C24H21N3O5. The van der Waals surface area contributed by atoms with Crippen LogP contribution in [-0.4, -0.2) is 35.4 Å². The molecule has 0 atom stereocenters. The maximum atomic E-state index is 13.0. The molecule has 8 nitrogen and oxygen atoms in total. The first kappa shape index (κ1) is 21.2. The van der Waals surface area contributed by atoms with E-state index in [1.54, 1.807) is 12.1 Å². The SMILES string of the molecule is CNC(=O)COC(=O)c1c2c(nc3ccccc13)/C(=C\c1cccc([N+](=O)[O-])c1)CCC2. The van der Waals surface area contributed by atoms with Crippen LogP contribution in [0.4, 0.5) is 5.69 Å². The van der Waals surface area contributed by atoms with E-state index in [4.69, 9.17) is 9.72 Å². The van der Waals surface area contributed by atoms with Gasteiger partial charge in [-0.1, -0.05) is 30.3 Å². The second-order valence-electron chi connectivity index (χ2n) is 7.46. The number of nitrogens with zero attached hydrogens (tertiary/aromatic N) is 2. The summed E-state index contributed by atoms with van der Waals surface area (Å²) >= 11 is 0. The topological polar surface area (TPSA) is 111 Å². The number of para-hydroxylation sites is 1. The maximum Gasteiger partial charge on any atom is 0.339 e. The number of pyridine rings is 1. The molecule has 32 heavy (non-hydrogen) atoms. The highest BCUT2D eigenvalue weighted by molar-refractivity contribution is 6.07. The van der Waals surface area contributed by atoms with E-state index in [2.05, 4.69) is 5.32 Å². The van der Waals surface area contributed by atoms with E-state index in [1.807, 2.05) is 30.3 Å². The van der Waals surface area contributed by atoms with Crippen molar-refractivity contribution >= 4 is 40.1 Å². The average molecular weight is 431 g/mol. The predicted octanol–water partition coefficient (Wildman–Crippen LogP) is 3.92. The highest BCUT2D eigenvalue weighted by Crippen LogP contribution is 2.36. The van der Waals surface area contributed by atoms with Gasteiger partial charge in [0.05, 0.1) is 21.7 Å². The highest BCUT2D eigenvalue weighted by Gasteiger charge is 2.26. The molecular weight excluding hydrogens is 410 g/mol. The maximum absolute atomic E-state index is 13.0. The Hall–Kier alpha value is -4.07. The van der Waals surface area contributed by atoms with Crippen molar-refractivity contribution in [2.75, 3.05) is 13.7 Å². The van der Waals surface area contributed by atoms with E-state index in [9.17, 15) is 19.7 Å². The fraction of sp³-hybridized carbons (Fsp3) is 0.208. The van der Waals surface area contributed by atoms with Gasteiger partial charge < -0.3 is 10.1 Å². The van der Waals surface area contributed by atoms with Crippen molar-refractivity contribution in [3.05, 3.63) is 81.0 Å². The summed E-state index contributed by atoms with van der Waals surface area (Å²) < 4.78 is 5.28. The summed E-state index contributed by atoms with van der Waals surface area (Å²) in [6.45, 7) is -0.364. The standard InChI is InChI=1S/C24H21N3O5/c1-25-21(28)14-32-24(29)22-18-9-2-3-11-20(18)26-23-16(7-5-10-19(22)23)12-15-6-4-8-17(13-15)27(30)31/h2-4,6,8-9,11-13H,5,7,10,14H2,1H3,(H,25,28)/b16-12-. The van der Waals surface area contributed by atoms with Crippen molar-refractivity contribution in [2.24, 2.45) is 0 Å². The van der Waals surface area contributed by atoms with Crippen LogP contribution in [0.5, 0.6) is 0 Å². The smallest absolute Gasteiger partial charge is 0.339 e. The van der Waals surface area contributed by atoms with Gasteiger partial charge in [0, 0.05) is 24.6 Å². The van der Waals surface area contributed by atoms with Crippen molar-refractivity contribution in [1.29, 1.82) is 0 Å². The van der Waals surface area contributed by atoms with Crippen molar-refractivity contribution in [2.45, 2.75) is 19.3 Å². The number of aromatic nitrogens is 1. The lowest BCUT2D eigenvalue weighted by Gasteiger charge is -2.22. The lowest BCUT2D eigenvalue weighted by atomic mass is 9.86. The molecule has 0 saturated heterocycles. The summed E-state index contributed by atoms with van der Waals surface area (Å²) in [4.78, 5) is 40.1. The Morgan fingerprint density at radius 3 is 2.78 bits per heavy atom. The number of benzene rings is 2. The van der Waals surface area contributed by atoms with Crippen LogP contribution in [0, 0.1) is 10.1 Å². The molecule has 0 bridgehead atoms. The quantitative estimate of drug-likeness (QED) is 0.372. The normalized spacial score (nSPS) is 14.1. The summed E-state index contributed by atoms with van der Waals surface area (Å²) in [5, 5.41) is 14.2. The number of fused-ring (bicyclic) bond motifs is 2. The molecule has 162 valence electrons. The van der Waals surface area contributed by atoms with Crippen LogP contribution in [0.25, 0.3) is 22.6 Å². The number of esters is 1. The molecule has 0 saturated carbocycles. The van der Waals surface area contributed by atoms with E-state index in [0.29, 0.717) is 34.1 Å². The fourth-order valence-electron chi connectivity index (χ4n) is 3.91. The van der Waals surface area contributed by atoms with Crippen molar-refractivity contribution in [3.63, 3.8) is 0 Å². The van der Waals surface area contributed by atoms with Crippen LogP contribution in [0.3, 0.4) is 0 Å². The predicted molar refractivity (Wildman–Crippen MR) is 120 cm³/mol. The molecule has 2 aromatic carbocycles. The van der Waals surface area contributed by atoms with Gasteiger partial charge in [0.15, 0.2) is 6.61 Å². The molecule has 1 aromatic heterocycles. The summed E-state index contributed by atoms with van der Waals surface area (Å²) in [7, 11) is 1.48. The first-order chi connectivity index (χ1) is 15.5. The zero-order chi connectivity index (χ0) is 22.7. The number of carbonyl (C=O) groups excluding carboxylic acids is 2. The van der Waals surface area contributed by atoms with E-state index < -0.39 is 16.8 Å². The lowest BCUT2D eigenvalue weighted by Crippen LogP contribution is -2.26. The average Bonchev–Trinajstić information content (AvgIpc) is 2.81. The van der Waals surface area contributed by atoms with Gasteiger partial charge in [0.25, 0.3) is 11.6 Å². The summed E-state index contributed by atoms with van der Waals surface area (Å²) in [5.74, 6) is -0.961. The number of carbonyl (C=O) groups is 2. The molecule has 1 N–H and O–H groups in total. The van der Waals surface area contributed by atoms with Crippen LogP contribution in [0.1, 0.15) is 40.0 Å². The van der Waals surface area contributed by atoms with Crippen LogP contribution in [0.2, 0.25) is 0 Å². The molecule has 3 aromatic rings. The molecule has 0 fully saturated rings. The summed E-state index contributed by atoms with van der Waals surface area (Å²) in [5.41, 5.74) is 4.13. The zero-order valence-corrected chi connectivity index (χ0v) is 17.5. The highest BCUT2D eigenvalue weighted by atomic mass is 16.6. The second-order valence-corrected chi connectivity index (χ2v) is 7.46. The third-order valence-corrected chi connectivity index (χ3v) is 5.41. The molecule has 1 amide bonds. The Morgan fingerprint density at radius 1 is 1.19 bits per heavy atom. The van der Waals surface area contributed by atoms with Gasteiger partial charge in [0.1, 0.15) is 0 Å². The first-order valence-corrected chi connectivity index (χ1v) is 10.2. The van der Waals surface area contributed by atoms with Gasteiger partial charge in [-0.25, -0.2) is 9.78 Å². The largest absolute Gasteiger partial charge is 0.452 e. The number of rotatable bonds is 5. The zero-order valence-electron chi connectivity index (χ0n) is 17.5. The van der Waals surface area contributed by atoms with Gasteiger partial charge in [-0.2, -0.15) is 0 Å². The van der Waals surface area contributed by atoms with Gasteiger partial charge >= 0.3 is 5.97 Å². The van der Waals surface area contributed by atoms with Crippen LogP contribution < -0.4 is 5.32 Å². The van der Waals surface area contributed by atoms with E-state index >= 15 is 0 Å². The molecule has 0 radical (unpaired) electrons. The lowest BCUT2D eigenvalue weighted by molar-refractivity contribution is -0.384. The van der Waals surface area contributed by atoms with Crippen molar-refractivity contribution in [1.82, 2.24) is 10.3 Å². The third-order valence-electron chi connectivity index (χ3n) is 5.41. The van der Waals surface area contributed by atoms with E-state index in [-0.39, 0.29) is 12.3 Å². The number of nitro benzene ring substituents is 1. The summed E-state index contributed by atoms with van der Waals surface area (Å²) in [6.07, 6.45) is 4.05. The van der Waals surface area contributed by atoms with Crippen LogP contribution in [0.15, 0.2) is 48.5 Å². The molecule has 0 unspecified atom stereocenters. The Kier molecular flexibility index (Phi) is 5.93. The summed E-state index contributed by atoms with van der Waals surface area (Å²) in [6, 6.07) is 13.7. The Bertz CT molecular complexity index is 1270. The Morgan fingerprint density at radius 2 is 2.00 bits per heavy atom. The molecule has 1 aliphatic carbocycles. The molecule has 1 aliphatic rings. The van der Waals surface area contributed by atoms with Gasteiger partial charge in [-0.05, 0) is 48.1 Å². The van der Waals surface area contributed by atoms with E-state index in [0.717, 1.165) is 24.0 Å². The number of nitrogens with one attached hydrogen (secondary N) is 1. The van der Waals surface area contributed by atoms with Gasteiger partial charge in [0.2, 0.25) is 0 Å². The van der Waals surface area contributed by atoms with Crippen LogP contribution >= 0.6 is 0 Å². The van der Waals surface area contributed by atoms with E-state index in [1.165, 1.54) is 19.2 Å². The van der Waals surface area contributed by atoms with Crippen LogP contribution in [-0.2, 0) is 16.0 Å². The van der Waals surface area contributed by atoms with Crippen molar-refractivity contribution < 1.29 is 19.2 Å².